The molecule has 0 saturated carbocycles. The SMILES string of the molecule is Fc1cc(CCCN2CCC2)cc2c1OCCO2.NC(=O)C(=O)c1cccc(Oc2ccc(F)cc2)c1. The van der Waals surface area contributed by atoms with Crippen molar-refractivity contribution in [3.63, 3.8) is 0 Å². The van der Waals surface area contributed by atoms with Crippen molar-refractivity contribution in [2.75, 3.05) is 32.8 Å². The number of aryl methyl sites for hydroxylation is 1. The maximum absolute atomic E-state index is 13.8. The topological polar surface area (TPSA) is 91.1 Å². The smallest absolute Gasteiger partial charge is 0.289 e. The van der Waals surface area contributed by atoms with Crippen molar-refractivity contribution in [3.05, 3.63) is 83.4 Å². The lowest BCUT2D eigenvalue weighted by Crippen LogP contribution is -2.37. The summed E-state index contributed by atoms with van der Waals surface area (Å²) in [6, 6.07) is 15.0. The quantitative estimate of drug-likeness (QED) is 0.354. The van der Waals surface area contributed by atoms with Gasteiger partial charge in [0.05, 0.1) is 0 Å². The van der Waals surface area contributed by atoms with Gasteiger partial charge in [-0.25, -0.2) is 8.78 Å². The number of rotatable bonds is 8. The molecule has 0 bridgehead atoms. The van der Waals surface area contributed by atoms with Gasteiger partial charge in [0.25, 0.3) is 5.91 Å². The summed E-state index contributed by atoms with van der Waals surface area (Å²) in [7, 11) is 0. The first-order valence-electron chi connectivity index (χ1n) is 12.1. The molecule has 2 aliphatic rings. The van der Waals surface area contributed by atoms with Gasteiger partial charge in [0, 0.05) is 5.56 Å². The fraction of sp³-hybridized carbons (Fsp3) is 0.286. The molecule has 2 N–H and O–H groups in total. The summed E-state index contributed by atoms with van der Waals surface area (Å²) in [5, 5.41) is 0. The highest BCUT2D eigenvalue weighted by Gasteiger charge is 2.18. The third kappa shape index (κ3) is 7.27. The summed E-state index contributed by atoms with van der Waals surface area (Å²) in [6.07, 6.45) is 3.28. The Balaban J connectivity index is 0.000000173. The molecule has 0 unspecified atom stereocenters. The second-order valence-corrected chi connectivity index (χ2v) is 8.68. The van der Waals surface area contributed by atoms with Crippen molar-refractivity contribution >= 4 is 11.7 Å². The molecular formula is C28H28F2N2O5. The van der Waals surface area contributed by atoms with Crippen LogP contribution < -0.4 is 19.9 Å². The minimum absolute atomic E-state index is 0.145. The van der Waals surface area contributed by atoms with Crippen LogP contribution in [0.2, 0.25) is 0 Å². The lowest BCUT2D eigenvalue weighted by Gasteiger charge is -2.30. The van der Waals surface area contributed by atoms with E-state index in [1.54, 1.807) is 18.2 Å². The normalized spacial score (nSPS) is 14.1. The average molecular weight is 511 g/mol. The highest BCUT2D eigenvalue weighted by Crippen LogP contribution is 2.34. The van der Waals surface area contributed by atoms with Crippen LogP contribution in [0.1, 0.15) is 28.8 Å². The van der Waals surface area contributed by atoms with Crippen molar-refractivity contribution < 1.29 is 32.6 Å². The number of Topliss-reactive ketones (excluding diaryl/α,β-unsaturated/α-hetero) is 1. The first-order chi connectivity index (χ1) is 17.9. The first kappa shape index (κ1) is 26.1. The van der Waals surface area contributed by atoms with Crippen LogP contribution in [0.15, 0.2) is 60.7 Å². The Labute approximate surface area is 213 Å². The summed E-state index contributed by atoms with van der Waals surface area (Å²) in [4.78, 5) is 24.6. The van der Waals surface area contributed by atoms with Gasteiger partial charge in [0.2, 0.25) is 5.78 Å². The number of likely N-dealkylation sites (tertiary alicyclic amines) is 1. The predicted molar refractivity (Wildman–Crippen MR) is 133 cm³/mol. The summed E-state index contributed by atoms with van der Waals surface area (Å²) >= 11 is 0. The molecule has 9 heteroatoms. The molecule has 1 saturated heterocycles. The highest BCUT2D eigenvalue weighted by atomic mass is 19.1. The lowest BCUT2D eigenvalue weighted by molar-refractivity contribution is -0.114. The Morgan fingerprint density at radius 3 is 2.41 bits per heavy atom. The molecule has 3 aromatic carbocycles. The summed E-state index contributed by atoms with van der Waals surface area (Å²) in [5.41, 5.74) is 6.06. The number of primary amides is 1. The van der Waals surface area contributed by atoms with Gasteiger partial charge < -0.3 is 24.8 Å². The highest BCUT2D eigenvalue weighted by molar-refractivity contribution is 6.42. The van der Waals surface area contributed by atoms with E-state index in [1.165, 1.54) is 55.9 Å². The van der Waals surface area contributed by atoms with Crippen LogP contribution in [0.25, 0.3) is 0 Å². The molecule has 2 aliphatic heterocycles. The second kappa shape index (κ2) is 12.3. The van der Waals surface area contributed by atoms with Crippen molar-refractivity contribution in [3.8, 4) is 23.0 Å². The number of fused-ring (bicyclic) bond motifs is 1. The Kier molecular flexibility index (Phi) is 8.68. The Morgan fingerprint density at radius 1 is 0.946 bits per heavy atom. The van der Waals surface area contributed by atoms with E-state index in [0.717, 1.165) is 24.9 Å². The van der Waals surface area contributed by atoms with Gasteiger partial charge in [-0.3, -0.25) is 9.59 Å². The van der Waals surface area contributed by atoms with Crippen molar-refractivity contribution in [1.29, 1.82) is 0 Å². The van der Waals surface area contributed by atoms with Gasteiger partial charge in [-0.1, -0.05) is 12.1 Å². The maximum atomic E-state index is 13.8. The predicted octanol–water partition coefficient (Wildman–Crippen LogP) is 4.52. The Bertz CT molecular complexity index is 1250. The zero-order valence-corrected chi connectivity index (χ0v) is 20.3. The number of halogens is 2. The van der Waals surface area contributed by atoms with E-state index in [9.17, 15) is 18.4 Å². The number of amides is 1. The van der Waals surface area contributed by atoms with Crippen LogP contribution in [-0.4, -0.2) is 49.4 Å². The maximum Gasteiger partial charge on any atom is 0.289 e. The van der Waals surface area contributed by atoms with E-state index in [4.69, 9.17) is 19.9 Å². The molecular weight excluding hydrogens is 482 g/mol. The van der Waals surface area contributed by atoms with E-state index in [-0.39, 0.29) is 22.9 Å². The van der Waals surface area contributed by atoms with Crippen molar-refractivity contribution in [1.82, 2.24) is 4.90 Å². The van der Waals surface area contributed by atoms with Gasteiger partial charge in [-0.15, -0.1) is 0 Å². The van der Waals surface area contributed by atoms with E-state index in [1.807, 2.05) is 6.07 Å². The second-order valence-electron chi connectivity index (χ2n) is 8.68. The molecule has 1 amide bonds. The monoisotopic (exact) mass is 510 g/mol. The molecule has 0 aliphatic carbocycles. The summed E-state index contributed by atoms with van der Waals surface area (Å²) < 4.78 is 42.6. The molecule has 0 aromatic heterocycles. The van der Waals surface area contributed by atoms with Crippen LogP contribution in [0, 0.1) is 11.6 Å². The number of nitrogens with two attached hydrogens (primary N) is 1. The zero-order valence-electron chi connectivity index (χ0n) is 20.3. The lowest BCUT2D eigenvalue weighted by atomic mass is 10.1. The minimum Gasteiger partial charge on any atom is -0.486 e. The Morgan fingerprint density at radius 2 is 1.70 bits per heavy atom. The van der Waals surface area contributed by atoms with Gasteiger partial charge in [-0.2, -0.15) is 0 Å². The fourth-order valence-corrected chi connectivity index (χ4v) is 3.90. The molecule has 194 valence electrons. The van der Waals surface area contributed by atoms with Crippen LogP contribution >= 0.6 is 0 Å². The number of carbonyl (C=O) groups excluding carboxylic acids is 2. The number of nitrogens with zero attached hydrogens (tertiary/aromatic N) is 1. The number of carbonyl (C=O) groups is 2. The zero-order chi connectivity index (χ0) is 26.2. The molecule has 0 atom stereocenters. The average Bonchev–Trinajstić information content (AvgIpc) is 2.87. The fourth-order valence-electron chi connectivity index (χ4n) is 3.90. The molecule has 2 heterocycles. The van der Waals surface area contributed by atoms with E-state index in [2.05, 4.69) is 4.90 Å². The number of ketones is 1. The largest absolute Gasteiger partial charge is 0.486 e. The van der Waals surface area contributed by atoms with Gasteiger partial charge >= 0.3 is 0 Å². The summed E-state index contributed by atoms with van der Waals surface area (Å²) in [5.74, 6) is -0.878. The van der Waals surface area contributed by atoms with Gasteiger partial charge in [-0.05, 0) is 93.0 Å². The van der Waals surface area contributed by atoms with Crippen LogP contribution in [0.4, 0.5) is 8.78 Å². The number of benzene rings is 3. The van der Waals surface area contributed by atoms with E-state index >= 15 is 0 Å². The van der Waals surface area contributed by atoms with Gasteiger partial charge in [0.1, 0.15) is 30.5 Å². The third-order valence-corrected chi connectivity index (χ3v) is 5.91. The summed E-state index contributed by atoms with van der Waals surface area (Å²) in [6.45, 7) is 4.48. The number of hydrogen-bond acceptors (Lipinski definition) is 6. The van der Waals surface area contributed by atoms with Crippen molar-refractivity contribution in [2.45, 2.75) is 19.3 Å². The standard InChI is InChI=1S/C14H10FNO3.C14H18FNO2/c15-10-4-6-11(7-5-10)19-12-3-1-2-9(8-12)13(17)14(16)18;15-12-9-11(3-1-4-16-5-2-6-16)10-13-14(12)18-8-7-17-13/h1-8H,(H2,16,18);9-10H,1-8H2. The Hall–Kier alpha value is -3.98. The molecule has 1 fully saturated rings. The van der Waals surface area contributed by atoms with E-state index in [0.29, 0.717) is 30.5 Å². The van der Waals surface area contributed by atoms with Crippen LogP contribution in [0.5, 0.6) is 23.0 Å². The minimum atomic E-state index is -1.03. The number of ether oxygens (including phenoxy) is 3. The molecule has 5 rings (SSSR count). The first-order valence-corrected chi connectivity index (χ1v) is 12.1. The van der Waals surface area contributed by atoms with Crippen LogP contribution in [-0.2, 0) is 11.2 Å². The van der Waals surface area contributed by atoms with Crippen molar-refractivity contribution in [2.24, 2.45) is 5.73 Å². The van der Waals surface area contributed by atoms with Crippen LogP contribution in [0.3, 0.4) is 0 Å². The molecule has 7 nitrogen and oxygen atoms in total. The molecule has 0 spiro atoms. The molecule has 3 aromatic rings. The molecule has 37 heavy (non-hydrogen) atoms. The molecule has 0 radical (unpaired) electrons. The van der Waals surface area contributed by atoms with E-state index < -0.39 is 11.7 Å². The van der Waals surface area contributed by atoms with Gasteiger partial charge in [0.15, 0.2) is 17.3 Å². The third-order valence-electron chi connectivity index (χ3n) is 5.91. The number of hydrogen-bond donors (Lipinski definition) is 1.